The van der Waals surface area contributed by atoms with Crippen LogP contribution in [0.4, 0.5) is 0 Å². The largest absolute Gasteiger partial charge is 0.293 e. The summed E-state index contributed by atoms with van der Waals surface area (Å²) in [6.07, 6.45) is 3.14. The average Bonchev–Trinajstić information content (AvgIpc) is 1.96. The fourth-order valence-electron chi connectivity index (χ4n) is 1.38. The van der Waals surface area contributed by atoms with E-state index in [-0.39, 0.29) is 5.41 Å². The lowest BCUT2D eigenvalue weighted by molar-refractivity contribution is 0.593. The minimum absolute atomic E-state index is 0.130. The van der Waals surface area contributed by atoms with Crippen molar-refractivity contribution in [1.29, 1.82) is 0 Å². The number of aliphatic imine (C=N–C) groups is 1. The molecule has 0 unspecified atom stereocenters. The predicted molar refractivity (Wildman–Crippen MR) is 66.0 cm³/mol. The van der Waals surface area contributed by atoms with Crippen LogP contribution in [0, 0.1) is 5.41 Å². The van der Waals surface area contributed by atoms with Crippen molar-refractivity contribution >= 4 is 5.71 Å². The molecule has 0 radical (unpaired) electrons. The van der Waals surface area contributed by atoms with Crippen LogP contribution >= 0.6 is 0 Å². The Morgan fingerprint density at radius 1 is 1.29 bits per heavy atom. The molecule has 0 saturated heterocycles. The summed E-state index contributed by atoms with van der Waals surface area (Å²) in [5.41, 5.74) is 3.80. The average molecular weight is 193 g/mol. The van der Waals surface area contributed by atoms with Crippen molar-refractivity contribution in [3.8, 4) is 0 Å². The Kier molecular flexibility index (Phi) is 4.82. The van der Waals surface area contributed by atoms with Crippen LogP contribution in [0.2, 0.25) is 0 Å². The molecule has 0 aromatic rings. The van der Waals surface area contributed by atoms with E-state index in [1.807, 2.05) is 7.05 Å². The Morgan fingerprint density at radius 2 is 1.79 bits per heavy atom. The van der Waals surface area contributed by atoms with Crippen LogP contribution in [0.25, 0.3) is 0 Å². The van der Waals surface area contributed by atoms with Gasteiger partial charge in [-0.1, -0.05) is 38.5 Å². The van der Waals surface area contributed by atoms with Gasteiger partial charge in [-0.05, 0) is 26.3 Å². The zero-order chi connectivity index (χ0) is 11.4. The van der Waals surface area contributed by atoms with Crippen LogP contribution < -0.4 is 0 Å². The lowest BCUT2D eigenvalue weighted by Crippen LogP contribution is -2.18. The highest BCUT2D eigenvalue weighted by Gasteiger charge is 2.15. The summed E-state index contributed by atoms with van der Waals surface area (Å²) in [4.78, 5) is 4.32. The third-order valence-electron chi connectivity index (χ3n) is 1.97. The summed E-state index contributed by atoms with van der Waals surface area (Å²) in [7, 11) is 1.85. The lowest BCUT2D eigenvalue weighted by Gasteiger charge is -2.19. The zero-order valence-electron chi connectivity index (χ0n) is 10.4. The standard InChI is InChI=1S/C13H23N/c1-10(2)8-11(3)9-12(14-7)13(4,5)6/h9H,1,8H2,2-7H3/b11-9+,14-12?. The number of rotatable bonds is 3. The van der Waals surface area contributed by atoms with Gasteiger partial charge in [-0.15, -0.1) is 0 Å². The summed E-state index contributed by atoms with van der Waals surface area (Å²) in [5.74, 6) is 0. The fourth-order valence-corrected chi connectivity index (χ4v) is 1.38. The number of allylic oxidation sites excluding steroid dienone is 3. The quantitative estimate of drug-likeness (QED) is 0.474. The van der Waals surface area contributed by atoms with Crippen LogP contribution in [-0.4, -0.2) is 12.8 Å². The van der Waals surface area contributed by atoms with Gasteiger partial charge in [-0.2, -0.15) is 0 Å². The molecule has 0 amide bonds. The summed E-state index contributed by atoms with van der Waals surface area (Å²) < 4.78 is 0. The normalized spacial score (nSPS) is 14.4. The maximum atomic E-state index is 4.32. The van der Waals surface area contributed by atoms with E-state index >= 15 is 0 Å². The van der Waals surface area contributed by atoms with Crippen molar-refractivity contribution in [2.24, 2.45) is 10.4 Å². The van der Waals surface area contributed by atoms with E-state index in [2.05, 4.69) is 52.3 Å². The molecular weight excluding hydrogens is 170 g/mol. The molecule has 0 aliphatic carbocycles. The van der Waals surface area contributed by atoms with Crippen LogP contribution in [0.5, 0.6) is 0 Å². The van der Waals surface area contributed by atoms with Crippen molar-refractivity contribution in [3.63, 3.8) is 0 Å². The van der Waals surface area contributed by atoms with Gasteiger partial charge in [-0.25, -0.2) is 0 Å². The molecule has 1 heteroatoms. The van der Waals surface area contributed by atoms with E-state index in [1.54, 1.807) is 0 Å². The molecule has 0 bridgehead atoms. The van der Waals surface area contributed by atoms with Crippen LogP contribution in [0.1, 0.15) is 41.0 Å². The maximum Gasteiger partial charge on any atom is 0.0397 e. The number of hydrogen-bond acceptors (Lipinski definition) is 1. The van der Waals surface area contributed by atoms with Gasteiger partial charge >= 0.3 is 0 Å². The second kappa shape index (κ2) is 5.14. The van der Waals surface area contributed by atoms with Crippen LogP contribution in [-0.2, 0) is 0 Å². The van der Waals surface area contributed by atoms with Crippen molar-refractivity contribution in [2.45, 2.75) is 41.0 Å². The van der Waals surface area contributed by atoms with Crippen molar-refractivity contribution in [1.82, 2.24) is 0 Å². The highest BCUT2D eigenvalue weighted by atomic mass is 14.7. The summed E-state index contributed by atoms with van der Waals surface area (Å²) in [6.45, 7) is 14.6. The Labute approximate surface area is 88.6 Å². The van der Waals surface area contributed by atoms with E-state index in [9.17, 15) is 0 Å². The highest BCUT2D eigenvalue weighted by Crippen LogP contribution is 2.19. The second-order valence-corrected chi connectivity index (χ2v) is 4.98. The second-order valence-electron chi connectivity index (χ2n) is 4.98. The van der Waals surface area contributed by atoms with E-state index < -0.39 is 0 Å². The SMILES string of the molecule is C=C(C)C/C(C)=C/C(=NC)C(C)(C)C. The van der Waals surface area contributed by atoms with E-state index in [0.717, 1.165) is 12.1 Å². The first kappa shape index (κ1) is 13.2. The maximum absolute atomic E-state index is 4.32. The van der Waals surface area contributed by atoms with Gasteiger partial charge in [0.2, 0.25) is 0 Å². The van der Waals surface area contributed by atoms with Gasteiger partial charge in [0.05, 0.1) is 0 Å². The molecule has 0 aromatic carbocycles. The van der Waals surface area contributed by atoms with Crippen molar-refractivity contribution in [2.75, 3.05) is 7.05 Å². The van der Waals surface area contributed by atoms with Gasteiger partial charge in [0, 0.05) is 18.2 Å². The predicted octanol–water partition coefficient (Wildman–Crippen LogP) is 4.02. The molecule has 0 rings (SSSR count). The Morgan fingerprint density at radius 3 is 2.07 bits per heavy atom. The molecule has 0 fully saturated rings. The van der Waals surface area contributed by atoms with Gasteiger partial charge in [0.15, 0.2) is 0 Å². The topological polar surface area (TPSA) is 12.4 Å². The van der Waals surface area contributed by atoms with E-state index in [1.165, 1.54) is 11.1 Å². The zero-order valence-corrected chi connectivity index (χ0v) is 10.4. The van der Waals surface area contributed by atoms with Gasteiger partial charge in [-0.3, -0.25) is 4.99 Å². The van der Waals surface area contributed by atoms with Crippen LogP contribution in [0.3, 0.4) is 0 Å². The molecule has 80 valence electrons. The Bertz CT molecular complexity index is 261. The molecule has 0 aromatic heterocycles. The third kappa shape index (κ3) is 5.00. The number of nitrogens with zero attached hydrogens (tertiary/aromatic N) is 1. The highest BCUT2D eigenvalue weighted by molar-refractivity contribution is 5.99. The van der Waals surface area contributed by atoms with Gasteiger partial charge in [0.1, 0.15) is 0 Å². The summed E-state index contributed by atoms with van der Waals surface area (Å²) in [6, 6.07) is 0. The third-order valence-corrected chi connectivity index (χ3v) is 1.97. The summed E-state index contributed by atoms with van der Waals surface area (Å²) >= 11 is 0. The summed E-state index contributed by atoms with van der Waals surface area (Å²) in [5, 5.41) is 0. The van der Waals surface area contributed by atoms with Gasteiger partial charge in [0.25, 0.3) is 0 Å². The monoisotopic (exact) mass is 193 g/mol. The molecule has 1 nitrogen and oxygen atoms in total. The molecule has 0 atom stereocenters. The van der Waals surface area contributed by atoms with E-state index in [4.69, 9.17) is 0 Å². The van der Waals surface area contributed by atoms with Crippen molar-refractivity contribution in [3.05, 3.63) is 23.8 Å². The number of hydrogen-bond donors (Lipinski definition) is 0. The molecule has 14 heavy (non-hydrogen) atoms. The molecule has 0 aliphatic heterocycles. The van der Waals surface area contributed by atoms with Crippen LogP contribution in [0.15, 0.2) is 28.8 Å². The molecule has 0 heterocycles. The Hall–Kier alpha value is -0.850. The molecular formula is C13H23N. The first-order chi connectivity index (χ1) is 6.27. The van der Waals surface area contributed by atoms with Crippen molar-refractivity contribution < 1.29 is 0 Å². The molecule has 0 aliphatic rings. The minimum atomic E-state index is 0.130. The first-order valence-corrected chi connectivity index (χ1v) is 5.06. The first-order valence-electron chi connectivity index (χ1n) is 5.06. The molecule has 0 spiro atoms. The van der Waals surface area contributed by atoms with E-state index in [0.29, 0.717) is 0 Å². The lowest BCUT2D eigenvalue weighted by atomic mass is 9.88. The fraction of sp³-hybridized carbons (Fsp3) is 0.615. The molecule has 0 saturated carbocycles. The minimum Gasteiger partial charge on any atom is -0.293 e. The smallest absolute Gasteiger partial charge is 0.0397 e. The molecule has 0 N–H and O–H groups in total. The van der Waals surface area contributed by atoms with Gasteiger partial charge < -0.3 is 0 Å². The Balaban J connectivity index is 4.70.